The van der Waals surface area contributed by atoms with E-state index in [4.69, 9.17) is 0 Å². The molecule has 0 unspecified atom stereocenters. The Kier molecular flexibility index (Phi) is 6.13. The van der Waals surface area contributed by atoms with Crippen LogP contribution >= 0.6 is 0 Å². The molecule has 0 saturated carbocycles. The lowest BCUT2D eigenvalue weighted by Crippen LogP contribution is -2.43. The van der Waals surface area contributed by atoms with Gasteiger partial charge in [-0.1, -0.05) is 36.4 Å². The van der Waals surface area contributed by atoms with E-state index in [1.807, 2.05) is 31.2 Å². The molecule has 8 heteroatoms. The number of nitrogens with one attached hydrogen (secondary N) is 3. The number of benzene rings is 2. The minimum Gasteiger partial charge on any atom is -0.383 e. The van der Waals surface area contributed by atoms with Crippen LogP contribution in [0.3, 0.4) is 0 Å². The van der Waals surface area contributed by atoms with Crippen molar-refractivity contribution in [3.8, 4) is 0 Å². The third-order valence-corrected chi connectivity index (χ3v) is 4.70. The molecule has 0 atom stereocenters. The number of rotatable bonds is 6. The number of sulfonamides is 1. The fourth-order valence-corrected chi connectivity index (χ4v) is 3.02. The summed E-state index contributed by atoms with van der Waals surface area (Å²) < 4.78 is 25.7. The Hall–Kier alpha value is -2.87. The number of para-hydroxylation sites is 1. The first-order chi connectivity index (χ1) is 11.9. The molecule has 0 aliphatic carbocycles. The second-order valence-electron chi connectivity index (χ2n) is 5.25. The van der Waals surface area contributed by atoms with Gasteiger partial charge in [0, 0.05) is 18.8 Å². The summed E-state index contributed by atoms with van der Waals surface area (Å²) in [5, 5.41) is 5.48. The van der Waals surface area contributed by atoms with E-state index in [2.05, 4.69) is 10.6 Å². The zero-order valence-electron chi connectivity index (χ0n) is 13.7. The quantitative estimate of drug-likeness (QED) is 0.527. The minimum absolute atomic E-state index is 0.0858. The Morgan fingerprint density at radius 1 is 0.880 bits per heavy atom. The molecule has 25 heavy (non-hydrogen) atoms. The number of anilines is 1. The lowest BCUT2D eigenvalue weighted by atomic mass is 10.2. The molecule has 2 aromatic rings. The fourth-order valence-electron chi connectivity index (χ4n) is 2.05. The number of carbonyl (C=O) groups is 2. The molecule has 0 aliphatic heterocycles. The number of hydrogen-bond acceptors (Lipinski definition) is 5. The predicted octanol–water partition coefficient (Wildman–Crippen LogP) is 1.03. The average Bonchev–Trinajstić information content (AvgIpc) is 2.60. The molecule has 0 radical (unpaired) electrons. The highest BCUT2D eigenvalue weighted by atomic mass is 32.2. The topological polar surface area (TPSA) is 104 Å². The fraction of sp³-hybridized carbons (Fsp3) is 0.176. The van der Waals surface area contributed by atoms with Crippen LogP contribution in [-0.2, 0) is 19.6 Å². The Morgan fingerprint density at radius 2 is 1.52 bits per heavy atom. The first kappa shape index (κ1) is 18.5. The van der Waals surface area contributed by atoms with Gasteiger partial charge in [-0.15, -0.1) is 0 Å². The summed E-state index contributed by atoms with van der Waals surface area (Å²) >= 11 is 0. The van der Waals surface area contributed by atoms with Crippen molar-refractivity contribution in [3.63, 3.8) is 0 Å². The van der Waals surface area contributed by atoms with E-state index in [1.54, 1.807) is 10.8 Å². The van der Waals surface area contributed by atoms with Gasteiger partial charge in [-0.3, -0.25) is 9.59 Å². The van der Waals surface area contributed by atoms with E-state index in [-0.39, 0.29) is 11.4 Å². The van der Waals surface area contributed by atoms with E-state index in [0.717, 1.165) is 11.3 Å². The van der Waals surface area contributed by atoms with Crippen LogP contribution in [0, 0.1) is 6.92 Å². The molecule has 2 aromatic carbocycles. The molecule has 0 aromatic heterocycles. The van der Waals surface area contributed by atoms with Crippen LogP contribution in [0.1, 0.15) is 5.56 Å². The van der Waals surface area contributed by atoms with Gasteiger partial charge >= 0.3 is 11.8 Å². The molecule has 3 N–H and O–H groups in total. The molecule has 0 heterocycles. The van der Waals surface area contributed by atoms with Crippen molar-refractivity contribution in [3.05, 3.63) is 60.2 Å². The maximum Gasteiger partial charge on any atom is 0.322 e. The zero-order chi connectivity index (χ0) is 18.3. The van der Waals surface area contributed by atoms with Crippen LogP contribution < -0.4 is 15.4 Å². The van der Waals surface area contributed by atoms with E-state index < -0.39 is 21.8 Å². The number of carbonyl (C=O) groups excluding carboxylic acids is 2. The first-order valence-electron chi connectivity index (χ1n) is 7.59. The summed E-state index contributed by atoms with van der Waals surface area (Å²) in [5.74, 6) is -2.23. The largest absolute Gasteiger partial charge is 0.383 e. The lowest BCUT2D eigenvalue weighted by Gasteiger charge is -2.10. The lowest BCUT2D eigenvalue weighted by molar-refractivity contribution is -0.138. The molecule has 0 bridgehead atoms. The number of hydrogen-bond donors (Lipinski definition) is 3. The molecule has 0 saturated heterocycles. The van der Waals surface area contributed by atoms with Gasteiger partial charge < -0.3 is 10.6 Å². The SMILES string of the molecule is Cc1ccccc1NCCNC(=O)C(=O)NS(=O)(=O)c1ccccc1. The second-order valence-corrected chi connectivity index (χ2v) is 6.93. The summed E-state index contributed by atoms with van der Waals surface area (Å²) in [4.78, 5) is 23.4. The Labute approximate surface area is 146 Å². The van der Waals surface area contributed by atoms with Crippen molar-refractivity contribution in [1.82, 2.24) is 10.0 Å². The highest BCUT2D eigenvalue weighted by Gasteiger charge is 2.22. The molecule has 0 fully saturated rings. The van der Waals surface area contributed by atoms with Gasteiger partial charge in [0.25, 0.3) is 10.0 Å². The van der Waals surface area contributed by atoms with E-state index in [1.165, 1.54) is 24.3 Å². The number of amides is 2. The monoisotopic (exact) mass is 361 g/mol. The van der Waals surface area contributed by atoms with Gasteiger partial charge in [-0.25, -0.2) is 13.1 Å². The van der Waals surface area contributed by atoms with E-state index in [0.29, 0.717) is 6.54 Å². The van der Waals surface area contributed by atoms with Crippen molar-refractivity contribution >= 4 is 27.5 Å². The van der Waals surface area contributed by atoms with E-state index in [9.17, 15) is 18.0 Å². The van der Waals surface area contributed by atoms with Gasteiger partial charge in [0.1, 0.15) is 0 Å². The normalized spacial score (nSPS) is 10.8. The van der Waals surface area contributed by atoms with Gasteiger partial charge in [0.15, 0.2) is 0 Å². The van der Waals surface area contributed by atoms with Crippen molar-refractivity contribution in [2.75, 3.05) is 18.4 Å². The van der Waals surface area contributed by atoms with Gasteiger partial charge in [0.2, 0.25) is 0 Å². The van der Waals surface area contributed by atoms with Gasteiger partial charge in [0.05, 0.1) is 4.90 Å². The maximum atomic E-state index is 12.0. The standard InChI is InChI=1S/C17H19N3O4S/c1-13-7-5-6-10-15(13)18-11-12-19-16(21)17(22)20-25(23,24)14-8-3-2-4-9-14/h2-10,18H,11-12H2,1H3,(H,19,21)(H,20,22). The smallest absolute Gasteiger partial charge is 0.322 e. The molecule has 2 amide bonds. The molecule has 0 aliphatic rings. The maximum absolute atomic E-state index is 12.0. The van der Waals surface area contributed by atoms with Crippen molar-refractivity contribution in [2.24, 2.45) is 0 Å². The van der Waals surface area contributed by atoms with Crippen molar-refractivity contribution in [2.45, 2.75) is 11.8 Å². The molecule has 7 nitrogen and oxygen atoms in total. The van der Waals surface area contributed by atoms with Crippen molar-refractivity contribution in [1.29, 1.82) is 0 Å². The van der Waals surface area contributed by atoms with Gasteiger partial charge in [-0.05, 0) is 30.7 Å². The number of aryl methyl sites for hydroxylation is 1. The summed E-state index contributed by atoms with van der Waals surface area (Å²) in [6.45, 7) is 2.52. The summed E-state index contributed by atoms with van der Waals surface area (Å²) in [6.07, 6.45) is 0. The van der Waals surface area contributed by atoms with Crippen LogP contribution in [0.5, 0.6) is 0 Å². The summed E-state index contributed by atoms with van der Waals surface area (Å²) in [5.41, 5.74) is 1.98. The summed E-state index contributed by atoms with van der Waals surface area (Å²) in [7, 11) is -4.06. The zero-order valence-corrected chi connectivity index (χ0v) is 14.5. The average molecular weight is 361 g/mol. The van der Waals surface area contributed by atoms with Crippen LogP contribution in [0.2, 0.25) is 0 Å². The molecule has 0 spiro atoms. The summed E-state index contributed by atoms with van der Waals surface area (Å²) in [6, 6.07) is 15.0. The minimum atomic E-state index is -4.06. The predicted molar refractivity (Wildman–Crippen MR) is 94.4 cm³/mol. The van der Waals surface area contributed by atoms with Crippen molar-refractivity contribution < 1.29 is 18.0 Å². The van der Waals surface area contributed by atoms with E-state index >= 15 is 0 Å². The Bertz CT molecular complexity index is 851. The highest BCUT2D eigenvalue weighted by Crippen LogP contribution is 2.12. The Balaban J connectivity index is 1.81. The molecule has 2 rings (SSSR count). The van der Waals surface area contributed by atoms with Crippen LogP contribution in [0.4, 0.5) is 5.69 Å². The van der Waals surface area contributed by atoms with Gasteiger partial charge in [-0.2, -0.15) is 0 Å². The van der Waals surface area contributed by atoms with Crippen LogP contribution in [0.15, 0.2) is 59.5 Å². The highest BCUT2D eigenvalue weighted by molar-refractivity contribution is 7.90. The molecular formula is C17H19N3O4S. The molecular weight excluding hydrogens is 342 g/mol. The third kappa shape index (κ3) is 5.32. The Morgan fingerprint density at radius 3 is 2.20 bits per heavy atom. The third-order valence-electron chi connectivity index (χ3n) is 3.36. The van der Waals surface area contributed by atoms with Crippen LogP contribution in [0.25, 0.3) is 0 Å². The second kappa shape index (κ2) is 8.29. The first-order valence-corrected chi connectivity index (χ1v) is 9.08. The molecule has 132 valence electrons. The van der Waals surface area contributed by atoms with Crippen LogP contribution in [-0.4, -0.2) is 33.3 Å².